The molecule has 0 unspecified atom stereocenters. The van der Waals surface area contributed by atoms with Crippen LogP contribution in [-0.2, 0) is 20.8 Å². The molecule has 0 saturated carbocycles. The Hall–Kier alpha value is -1.96. The number of hydrogen-bond acceptors (Lipinski definition) is 4. The first-order valence-corrected chi connectivity index (χ1v) is 7.99. The van der Waals surface area contributed by atoms with Crippen molar-refractivity contribution in [2.45, 2.75) is 31.7 Å². The number of hydrogen-bond donors (Lipinski definition) is 2. The van der Waals surface area contributed by atoms with Crippen molar-refractivity contribution in [3.05, 3.63) is 28.5 Å². The van der Waals surface area contributed by atoms with E-state index in [0.29, 0.717) is 6.42 Å². The third-order valence-electron chi connectivity index (χ3n) is 3.85. The fraction of sp³-hybridized carbons (Fsp3) is 0.467. The number of nitrogens with zero attached hydrogens (tertiary/aromatic N) is 2. The number of carboxylic acid groups (broad SMARTS) is 2. The Morgan fingerprint density at radius 2 is 2.04 bits per heavy atom. The molecule has 8 heteroatoms. The van der Waals surface area contributed by atoms with Gasteiger partial charge in [0.05, 0.1) is 0 Å². The Bertz CT molecular complexity index is 622. The predicted molar refractivity (Wildman–Crippen MR) is 83.8 cm³/mol. The lowest BCUT2D eigenvalue weighted by atomic mass is 10.0. The van der Waals surface area contributed by atoms with Crippen molar-refractivity contribution in [3.8, 4) is 0 Å². The van der Waals surface area contributed by atoms with Crippen LogP contribution >= 0.6 is 15.9 Å². The quantitative estimate of drug-likeness (QED) is 0.770. The van der Waals surface area contributed by atoms with Crippen LogP contribution in [0.2, 0.25) is 0 Å². The van der Waals surface area contributed by atoms with Gasteiger partial charge in [0, 0.05) is 36.3 Å². The van der Waals surface area contributed by atoms with Crippen molar-refractivity contribution in [2.75, 3.05) is 6.54 Å². The first-order chi connectivity index (χ1) is 10.9. The van der Waals surface area contributed by atoms with E-state index >= 15 is 0 Å². The molecule has 0 bridgehead atoms. The van der Waals surface area contributed by atoms with Crippen LogP contribution in [0.15, 0.2) is 22.9 Å². The first kappa shape index (κ1) is 17.4. The molecule has 2 atom stereocenters. The highest BCUT2D eigenvalue weighted by molar-refractivity contribution is 9.10. The number of carboxylic acids is 2. The van der Waals surface area contributed by atoms with Crippen molar-refractivity contribution in [1.29, 1.82) is 0 Å². The number of aromatic nitrogens is 1. The zero-order chi connectivity index (χ0) is 17.0. The molecule has 1 fully saturated rings. The van der Waals surface area contributed by atoms with Crippen molar-refractivity contribution in [1.82, 2.24) is 9.88 Å². The molecule has 2 N–H and O–H groups in total. The van der Waals surface area contributed by atoms with Crippen LogP contribution in [0.3, 0.4) is 0 Å². The van der Waals surface area contributed by atoms with Gasteiger partial charge in [-0.1, -0.05) is 0 Å². The summed E-state index contributed by atoms with van der Waals surface area (Å²) in [7, 11) is 0. The number of halogens is 1. The van der Waals surface area contributed by atoms with Gasteiger partial charge in [0.1, 0.15) is 6.04 Å². The lowest BCUT2D eigenvalue weighted by molar-refractivity contribution is -0.148. The fourth-order valence-corrected chi connectivity index (χ4v) is 3.23. The summed E-state index contributed by atoms with van der Waals surface area (Å²) in [6.07, 6.45) is 3.99. The zero-order valence-corrected chi connectivity index (χ0v) is 13.9. The van der Waals surface area contributed by atoms with Gasteiger partial charge in [-0.2, -0.15) is 0 Å². The average Bonchev–Trinajstić information content (AvgIpc) is 2.88. The minimum absolute atomic E-state index is 0.122. The van der Waals surface area contributed by atoms with E-state index in [9.17, 15) is 19.5 Å². The van der Waals surface area contributed by atoms with Gasteiger partial charge < -0.3 is 15.1 Å². The molecular formula is C15H17BrN2O5. The summed E-state index contributed by atoms with van der Waals surface area (Å²) in [5.41, 5.74) is 0.876. The molecule has 0 aliphatic carbocycles. The number of carbonyl (C=O) groups is 3. The van der Waals surface area contributed by atoms with Gasteiger partial charge in [-0.15, -0.1) is 0 Å². The molecule has 1 aromatic heterocycles. The van der Waals surface area contributed by atoms with E-state index in [1.54, 1.807) is 12.4 Å². The molecule has 0 aromatic carbocycles. The maximum absolute atomic E-state index is 12.3. The van der Waals surface area contributed by atoms with Gasteiger partial charge in [0.2, 0.25) is 5.91 Å². The molecule has 2 rings (SSSR count). The molecule has 1 amide bonds. The number of amides is 1. The third kappa shape index (κ3) is 4.75. The number of carbonyl (C=O) groups excluding carboxylic acids is 1. The van der Waals surface area contributed by atoms with Crippen molar-refractivity contribution in [2.24, 2.45) is 5.92 Å². The van der Waals surface area contributed by atoms with Crippen molar-refractivity contribution < 1.29 is 24.6 Å². The van der Waals surface area contributed by atoms with Crippen molar-refractivity contribution >= 4 is 33.8 Å². The summed E-state index contributed by atoms with van der Waals surface area (Å²) in [5, 5.41) is 18.1. The molecule has 0 spiro atoms. The van der Waals surface area contributed by atoms with Crippen LogP contribution in [-0.4, -0.2) is 50.5 Å². The second-order valence-corrected chi connectivity index (χ2v) is 6.53. The zero-order valence-electron chi connectivity index (χ0n) is 12.3. The molecule has 2 heterocycles. The minimum Gasteiger partial charge on any atom is -0.481 e. The monoisotopic (exact) mass is 384 g/mol. The fourth-order valence-electron chi connectivity index (χ4n) is 2.81. The molecule has 1 saturated heterocycles. The van der Waals surface area contributed by atoms with Crippen LogP contribution in [0.25, 0.3) is 0 Å². The normalized spacial score (nSPS) is 20.5. The third-order valence-corrected chi connectivity index (χ3v) is 4.28. The average molecular weight is 385 g/mol. The van der Waals surface area contributed by atoms with Crippen LogP contribution in [0.1, 0.15) is 24.8 Å². The van der Waals surface area contributed by atoms with Gasteiger partial charge in [0.15, 0.2) is 0 Å². The van der Waals surface area contributed by atoms with E-state index < -0.39 is 18.0 Å². The summed E-state index contributed by atoms with van der Waals surface area (Å²) < 4.78 is 0.813. The van der Waals surface area contributed by atoms with E-state index in [0.717, 1.165) is 10.0 Å². The van der Waals surface area contributed by atoms with Gasteiger partial charge in [-0.25, -0.2) is 4.79 Å². The van der Waals surface area contributed by atoms with Gasteiger partial charge in [-0.05, 0) is 46.3 Å². The highest BCUT2D eigenvalue weighted by Crippen LogP contribution is 2.27. The maximum Gasteiger partial charge on any atom is 0.326 e. The number of likely N-dealkylation sites (tertiary alicyclic amines) is 1. The Kier molecular flexibility index (Phi) is 5.70. The van der Waals surface area contributed by atoms with E-state index in [-0.39, 0.29) is 37.6 Å². The SMILES string of the molecule is O=C(O)C[C@H]1C[C@@H](C(=O)O)N(C(=O)CCc2cncc(Br)c2)C1. The number of rotatable bonds is 6. The highest BCUT2D eigenvalue weighted by atomic mass is 79.9. The minimum atomic E-state index is -1.09. The standard InChI is InChI=1S/C15H17BrN2O5/c16-11-3-9(6-17-7-11)1-2-13(19)18-8-10(5-14(20)21)4-12(18)15(22)23/h3,6-7,10,12H,1-2,4-5,8H2,(H,20,21)(H,22,23)/t10-,12+/m1/s1. The molecule has 1 aliphatic rings. The predicted octanol–water partition coefficient (Wildman–Crippen LogP) is 1.55. The Morgan fingerprint density at radius 3 is 2.65 bits per heavy atom. The van der Waals surface area contributed by atoms with E-state index in [1.807, 2.05) is 6.07 Å². The lowest BCUT2D eigenvalue weighted by Crippen LogP contribution is -2.40. The van der Waals surface area contributed by atoms with Gasteiger partial charge in [0.25, 0.3) is 0 Å². The summed E-state index contributed by atoms with van der Waals surface area (Å²) in [6.45, 7) is 0.179. The summed E-state index contributed by atoms with van der Waals surface area (Å²) in [6, 6.07) is 0.916. The van der Waals surface area contributed by atoms with E-state index in [1.165, 1.54) is 4.90 Å². The van der Waals surface area contributed by atoms with E-state index in [2.05, 4.69) is 20.9 Å². The number of aryl methyl sites for hydroxylation is 1. The summed E-state index contributed by atoms with van der Waals surface area (Å²) in [5.74, 6) is -2.65. The summed E-state index contributed by atoms with van der Waals surface area (Å²) >= 11 is 3.30. The largest absolute Gasteiger partial charge is 0.481 e. The molecule has 7 nitrogen and oxygen atoms in total. The second kappa shape index (κ2) is 7.54. The molecule has 0 radical (unpaired) electrons. The number of aliphatic carboxylic acids is 2. The van der Waals surface area contributed by atoms with E-state index in [4.69, 9.17) is 5.11 Å². The lowest BCUT2D eigenvalue weighted by Gasteiger charge is -2.21. The van der Waals surface area contributed by atoms with Crippen molar-refractivity contribution in [3.63, 3.8) is 0 Å². The smallest absolute Gasteiger partial charge is 0.326 e. The second-order valence-electron chi connectivity index (χ2n) is 5.61. The molecule has 1 aliphatic heterocycles. The van der Waals surface area contributed by atoms with Crippen LogP contribution in [0, 0.1) is 5.92 Å². The maximum atomic E-state index is 12.3. The molecule has 124 valence electrons. The topological polar surface area (TPSA) is 108 Å². The summed E-state index contributed by atoms with van der Waals surface area (Å²) in [4.78, 5) is 39.7. The Morgan fingerprint density at radius 1 is 1.30 bits per heavy atom. The molecular weight excluding hydrogens is 368 g/mol. The van der Waals surface area contributed by atoms with Gasteiger partial charge in [-0.3, -0.25) is 14.6 Å². The van der Waals surface area contributed by atoms with Crippen LogP contribution < -0.4 is 0 Å². The number of pyridine rings is 1. The Balaban J connectivity index is 1.98. The van der Waals surface area contributed by atoms with Crippen LogP contribution in [0.4, 0.5) is 0 Å². The van der Waals surface area contributed by atoms with Crippen LogP contribution in [0.5, 0.6) is 0 Å². The first-order valence-electron chi connectivity index (χ1n) is 7.20. The molecule has 23 heavy (non-hydrogen) atoms. The highest BCUT2D eigenvalue weighted by Gasteiger charge is 2.39. The van der Waals surface area contributed by atoms with Gasteiger partial charge >= 0.3 is 11.9 Å². The molecule has 1 aromatic rings. The Labute approximate surface area is 141 Å².